The van der Waals surface area contributed by atoms with Crippen molar-refractivity contribution in [2.24, 2.45) is 0 Å². The Labute approximate surface area is 177 Å². The number of hydrogen-bond donors (Lipinski definition) is 0. The number of hydrogen-bond acceptors (Lipinski definition) is 7. The highest BCUT2D eigenvalue weighted by Gasteiger charge is 2.15. The summed E-state index contributed by atoms with van der Waals surface area (Å²) in [7, 11) is 3.28. The molecule has 0 spiro atoms. The normalized spacial score (nSPS) is 14.6. The van der Waals surface area contributed by atoms with E-state index >= 15 is 0 Å². The van der Waals surface area contributed by atoms with Crippen LogP contribution in [0.15, 0.2) is 24.3 Å². The van der Waals surface area contributed by atoms with Crippen molar-refractivity contribution in [2.75, 3.05) is 40.6 Å². The summed E-state index contributed by atoms with van der Waals surface area (Å²) in [6, 6.07) is 0. The zero-order valence-corrected chi connectivity index (χ0v) is 19.1. The fraction of sp³-hybridized carbons (Fsp3) is 0.818. The molecule has 7 nitrogen and oxygen atoms in total. The SMILES string of the molecule is CCOC(/C=C\CCC(OC)OC(CC/C=C\C(OCC)OCC)OC)OCC. The molecule has 2 unspecified atom stereocenters. The van der Waals surface area contributed by atoms with Crippen LogP contribution in [0, 0.1) is 0 Å². The summed E-state index contributed by atoms with van der Waals surface area (Å²) in [5.41, 5.74) is 0. The van der Waals surface area contributed by atoms with E-state index in [4.69, 9.17) is 33.2 Å². The van der Waals surface area contributed by atoms with Gasteiger partial charge in [0, 0.05) is 53.5 Å². The van der Waals surface area contributed by atoms with Crippen LogP contribution in [0.4, 0.5) is 0 Å². The highest BCUT2D eigenvalue weighted by atomic mass is 16.8. The number of allylic oxidation sites excluding steroid dienone is 2. The summed E-state index contributed by atoms with van der Waals surface area (Å²) in [5, 5.41) is 0. The lowest BCUT2D eigenvalue weighted by Crippen LogP contribution is -2.25. The second-order valence-corrected chi connectivity index (χ2v) is 6.04. The molecule has 0 fully saturated rings. The molecule has 7 heteroatoms. The molecule has 0 aliphatic heterocycles. The van der Waals surface area contributed by atoms with Crippen molar-refractivity contribution in [1.29, 1.82) is 0 Å². The van der Waals surface area contributed by atoms with Gasteiger partial charge in [-0.15, -0.1) is 0 Å². The molecular formula is C22H42O7. The van der Waals surface area contributed by atoms with Crippen molar-refractivity contribution in [3.05, 3.63) is 24.3 Å². The molecule has 0 saturated carbocycles. The van der Waals surface area contributed by atoms with Gasteiger partial charge >= 0.3 is 0 Å². The van der Waals surface area contributed by atoms with E-state index in [-0.39, 0.29) is 25.2 Å². The van der Waals surface area contributed by atoms with E-state index in [2.05, 4.69) is 0 Å². The van der Waals surface area contributed by atoms with Crippen molar-refractivity contribution in [2.45, 2.75) is 78.5 Å². The molecule has 0 bridgehead atoms. The molecule has 0 N–H and O–H groups in total. The lowest BCUT2D eigenvalue weighted by atomic mass is 10.2. The molecule has 0 heterocycles. The second-order valence-electron chi connectivity index (χ2n) is 6.04. The quantitative estimate of drug-likeness (QED) is 0.214. The third-order valence-corrected chi connectivity index (χ3v) is 3.88. The average molecular weight is 419 g/mol. The Hall–Kier alpha value is -0.800. The van der Waals surface area contributed by atoms with Crippen LogP contribution in [0.1, 0.15) is 53.4 Å². The van der Waals surface area contributed by atoms with E-state index in [1.807, 2.05) is 52.0 Å². The first-order valence-corrected chi connectivity index (χ1v) is 10.7. The average Bonchev–Trinajstić information content (AvgIpc) is 2.72. The minimum Gasteiger partial charge on any atom is -0.356 e. The van der Waals surface area contributed by atoms with Crippen LogP contribution in [0.5, 0.6) is 0 Å². The number of methoxy groups -OCH3 is 2. The monoisotopic (exact) mass is 418 g/mol. The minimum atomic E-state index is -0.342. The van der Waals surface area contributed by atoms with Gasteiger partial charge in [0.15, 0.2) is 25.2 Å². The Balaban J connectivity index is 4.32. The Kier molecular flexibility index (Phi) is 19.9. The molecule has 0 aliphatic rings. The fourth-order valence-corrected chi connectivity index (χ4v) is 2.51. The first kappa shape index (κ1) is 28.2. The van der Waals surface area contributed by atoms with Crippen LogP contribution in [0.25, 0.3) is 0 Å². The maximum atomic E-state index is 5.92. The predicted octanol–water partition coefficient (Wildman–Crippen LogP) is 4.42. The maximum Gasteiger partial charge on any atom is 0.176 e. The standard InChI is InChI=1S/C22H42O7/c1-7-25-21(26-8-2)17-13-11-15-19(23-5)29-20(24-6)16-12-14-18-22(27-9-3)28-10-4/h13-14,17-22H,7-12,15-16H2,1-6H3/b17-13-,18-14-. The molecule has 0 saturated heterocycles. The Bertz CT molecular complexity index is 353. The van der Waals surface area contributed by atoms with Crippen molar-refractivity contribution < 1.29 is 33.2 Å². The van der Waals surface area contributed by atoms with Crippen LogP contribution in [-0.2, 0) is 33.2 Å². The summed E-state index contributed by atoms with van der Waals surface area (Å²) in [4.78, 5) is 0. The zero-order chi connectivity index (χ0) is 21.7. The maximum absolute atomic E-state index is 5.92. The third kappa shape index (κ3) is 15.7. The van der Waals surface area contributed by atoms with Crippen LogP contribution in [0.3, 0.4) is 0 Å². The number of rotatable bonds is 20. The third-order valence-electron chi connectivity index (χ3n) is 3.88. The molecule has 0 aliphatic carbocycles. The van der Waals surface area contributed by atoms with Crippen molar-refractivity contribution in [3.63, 3.8) is 0 Å². The Morgan fingerprint density at radius 3 is 1.21 bits per heavy atom. The van der Waals surface area contributed by atoms with E-state index in [0.717, 1.165) is 12.8 Å². The Morgan fingerprint density at radius 1 is 0.586 bits per heavy atom. The molecule has 172 valence electrons. The molecule has 2 atom stereocenters. The van der Waals surface area contributed by atoms with Gasteiger partial charge in [-0.2, -0.15) is 0 Å². The molecule has 0 aromatic rings. The molecule has 0 rings (SSSR count). The van der Waals surface area contributed by atoms with Crippen molar-refractivity contribution in [1.82, 2.24) is 0 Å². The van der Waals surface area contributed by atoms with Gasteiger partial charge in [0.05, 0.1) is 0 Å². The Morgan fingerprint density at radius 2 is 0.931 bits per heavy atom. The van der Waals surface area contributed by atoms with Crippen LogP contribution >= 0.6 is 0 Å². The van der Waals surface area contributed by atoms with Gasteiger partial charge in [0.1, 0.15) is 0 Å². The fourth-order valence-electron chi connectivity index (χ4n) is 2.51. The minimum absolute atomic E-state index is 0.303. The number of ether oxygens (including phenoxy) is 7. The molecular weight excluding hydrogens is 376 g/mol. The zero-order valence-electron chi connectivity index (χ0n) is 19.1. The molecule has 0 aromatic carbocycles. The molecule has 29 heavy (non-hydrogen) atoms. The highest BCUT2D eigenvalue weighted by Crippen LogP contribution is 2.13. The van der Waals surface area contributed by atoms with Crippen molar-refractivity contribution >= 4 is 0 Å². The molecule has 0 amide bonds. The van der Waals surface area contributed by atoms with Gasteiger partial charge in [-0.3, -0.25) is 0 Å². The summed E-state index contributed by atoms with van der Waals surface area (Å²) in [6.45, 7) is 10.2. The van der Waals surface area contributed by atoms with E-state index < -0.39 is 0 Å². The first-order chi connectivity index (χ1) is 14.1. The lowest BCUT2D eigenvalue weighted by molar-refractivity contribution is -0.232. The van der Waals surface area contributed by atoms with Crippen LogP contribution < -0.4 is 0 Å². The highest BCUT2D eigenvalue weighted by molar-refractivity contribution is 4.86. The molecule has 0 radical (unpaired) electrons. The van der Waals surface area contributed by atoms with E-state index in [1.165, 1.54) is 0 Å². The second kappa shape index (κ2) is 20.5. The van der Waals surface area contributed by atoms with E-state index in [0.29, 0.717) is 39.3 Å². The largest absolute Gasteiger partial charge is 0.356 e. The van der Waals surface area contributed by atoms with Gasteiger partial charge in [-0.1, -0.05) is 12.2 Å². The summed E-state index contributed by atoms with van der Waals surface area (Å²) < 4.78 is 38.7. The summed E-state index contributed by atoms with van der Waals surface area (Å²) in [6.07, 6.45) is 9.61. The van der Waals surface area contributed by atoms with E-state index in [9.17, 15) is 0 Å². The van der Waals surface area contributed by atoms with Gasteiger partial charge in [-0.05, 0) is 52.7 Å². The smallest absolute Gasteiger partial charge is 0.176 e. The van der Waals surface area contributed by atoms with Crippen LogP contribution in [0.2, 0.25) is 0 Å². The van der Waals surface area contributed by atoms with Gasteiger partial charge in [-0.25, -0.2) is 0 Å². The van der Waals surface area contributed by atoms with Gasteiger partial charge in [0.2, 0.25) is 0 Å². The van der Waals surface area contributed by atoms with E-state index in [1.54, 1.807) is 14.2 Å². The summed E-state index contributed by atoms with van der Waals surface area (Å²) in [5.74, 6) is 0. The summed E-state index contributed by atoms with van der Waals surface area (Å²) >= 11 is 0. The first-order valence-electron chi connectivity index (χ1n) is 10.7. The predicted molar refractivity (Wildman–Crippen MR) is 114 cm³/mol. The van der Waals surface area contributed by atoms with Gasteiger partial charge < -0.3 is 33.2 Å². The van der Waals surface area contributed by atoms with Gasteiger partial charge in [0.25, 0.3) is 0 Å². The molecule has 0 aromatic heterocycles. The topological polar surface area (TPSA) is 64.6 Å². The van der Waals surface area contributed by atoms with Crippen molar-refractivity contribution in [3.8, 4) is 0 Å². The lowest BCUT2D eigenvalue weighted by Gasteiger charge is -2.22. The van der Waals surface area contributed by atoms with Crippen LogP contribution in [-0.4, -0.2) is 65.8 Å².